The summed E-state index contributed by atoms with van der Waals surface area (Å²) in [7, 11) is 0. The van der Waals surface area contributed by atoms with E-state index in [-0.39, 0.29) is 0 Å². The molecule has 2 nitrogen and oxygen atoms in total. The van der Waals surface area contributed by atoms with E-state index in [0.29, 0.717) is 5.41 Å². The van der Waals surface area contributed by atoms with E-state index in [2.05, 4.69) is 31.0 Å². The van der Waals surface area contributed by atoms with Crippen LogP contribution in [-0.4, -0.2) is 37.6 Å². The molecule has 0 saturated carbocycles. The Bertz CT molecular complexity index is 133. The van der Waals surface area contributed by atoms with Crippen LogP contribution in [0.4, 0.5) is 0 Å². The van der Waals surface area contributed by atoms with Crippen LogP contribution >= 0.6 is 0 Å². The molecular formula is C11H24N2. The van der Waals surface area contributed by atoms with Crippen molar-refractivity contribution in [1.82, 2.24) is 10.2 Å². The molecule has 0 unspecified atom stereocenters. The third-order valence-electron chi connectivity index (χ3n) is 3.47. The lowest BCUT2D eigenvalue weighted by atomic mass is 9.75. The molecule has 1 saturated heterocycles. The number of hydrogen-bond donors (Lipinski definition) is 1. The molecule has 0 aromatic rings. The highest BCUT2D eigenvalue weighted by molar-refractivity contribution is 4.92. The monoisotopic (exact) mass is 184 g/mol. The van der Waals surface area contributed by atoms with Gasteiger partial charge in [0.05, 0.1) is 0 Å². The van der Waals surface area contributed by atoms with Crippen molar-refractivity contribution in [2.75, 3.05) is 32.7 Å². The van der Waals surface area contributed by atoms with Gasteiger partial charge in [-0.1, -0.05) is 20.8 Å². The van der Waals surface area contributed by atoms with E-state index in [1.807, 2.05) is 0 Å². The van der Waals surface area contributed by atoms with Crippen molar-refractivity contribution in [1.29, 1.82) is 0 Å². The number of nitrogens with one attached hydrogen (secondary N) is 1. The Balaban J connectivity index is 2.09. The topological polar surface area (TPSA) is 15.3 Å². The Kier molecular flexibility index (Phi) is 4.20. The van der Waals surface area contributed by atoms with Gasteiger partial charge in [0.2, 0.25) is 0 Å². The Labute approximate surface area is 82.7 Å². The lowest BCUT2D eigenvalue weighted by Crippen LogP contribution is -2.56. The summed E-state index contributed by atoms with van der Waals surface area (Å²) in [5.74, 6) is 0. The molecule has 0 amide bonds. The molecule has 0 spiro atoms. The second kappa shape index (κ2) is 4.97. The van der Waals surface area contributed by atoms with Gasteiger partial charge in [0.1, 0.15) is 0 Å². The first-order valence-electron chi connectivity index (χ1n) is 5.69. The molecule has 78 valence electrons. The van der Waals surface area contributed by atoms with Gasteiger partial charge in [-0.15, -0.1) is 0 Å². The smallest absolute Gasteiger partial charge is 0.0107 e. The van der Waals surface area contributed by atoms with E-state index < -0.39 is 0 Å². The van der Waals surface area contributed by atoms with Crippen molar-refractivity contribution in [3.05, 3.63) is 0 Å². The number of rotatable bonds is 6. The number of likely N-dealkylation sites (N-methyl/N-ethyl adjacent to an activating group) is 1. The quantitative estimate of drug-likeness (QED) is 0.632. The molecule has 1 heterocycles. The lowest BCUT2D eigenvalue weighted by Gasteiger charge is -2.50. The molecule has 1 rings (SSSR count). The van der Waals surface area contributed by atoms with Crippen LogP contribution in [0, 0.1) is 5.41 Å². The minimum Gasteiger partial charge on any atom is -0.316 e. The average molecular weight is 184 g/mol. The van der Waals surface area contributed by atoms with E-state index in [4.69, 9.17) is 0 Å². The van der Waals surface area contributed by atoms with E-state index in [1.54, 1.807) is 0 Å². The molecule has 1 fully saturated rings. The fourth-order valence-corrected chi connectivity index (χ4v) is 2.17. The van der Waals surface area contributed by atoms with Crippen molar-refractivity contribution in [2.24, 2.45) is 5.41 Å². The molecule has 1 N–H and O–H groups in total. The second-order valence-corrected chi connectivity index (χ2v) is 4.27. The Morgan fingerprint density at radius 3 is 2.23 bits per heavy atom. The fraction of sp³-hybridized carbons (Fsp3) is 1.00. The Morgan fingerprint density at radius 1 is 1.15 bits per heavy atom. The van der Waals surface area contributed by atoms with Gasteiger partial charge >= 0.3 is 0 Å². The maximum absolute atomic E-state index is 3.37. The zero-order valence-corrected chi connectivity index (χ0v) is 9.40. The highest BCUT2D eigenvalue weighted by atomic mass is 15.2. The number of likely N-dealkylation sites (tertiary alicyclic amines) is 1. The van der Waals surface area contributed by atoms with Gasteiger partial charge < -0.3 is 10.2 Å². The van der Waals surface area contributed by atoms with Crippen LogP contribution in [0.3, 0.4) is 0 Å². The highest BCUT2D eigenvalue weighted by Gasteiger charge is 2.38. The van der Waals surface area contributed by atoms with Crippen LogP contribution < -0.4 is 5.32 Å². The van der Waals surface area contributed by atoms with Gasteiger partial charge in [-0.05, 0) is 24.8 Å². The molecule has 0 radical (unpaired) electrons. The van der Waals surface area contributed by atoms with Crippen LogP contribution in [0.25, 0.3) is 0 Å². The van der Waals surface area contributed by atoms with Crippen LogP contribution in [0.5, 0.6) is 0 Å². The fourth-order valence-electron chi connectivity index (χ4n) is 2.17. The van der Waals surface area contributed by atoms with Crippen LogP contribution in [0.1, 0.15) is 33.6 Å². The van der Waals surface area contributed by atoms with E-state index in [0.717, 1.165) is 13.1 Å². The summed E-state index contributed by atoms with van der Waals surface area (Å²) in [4.78, 5) is 2.57. The molecular weight excluding hydrogens is 160 g/mol. The predicted octanol–water partition coefficient (Wildman–Crippen LogP) is 1.72. The first-order chi connectivity index (χ1) is 6.26. The number of hydrogen-bond acceptors (Lipinski definition) is 2. The number of nitrogens with zero attached hydrogens (tertiary/aromatic N) is 1. The second-order valence-electron chi connectivity index (χ2n) is 4.27. The van der Waals surface area contributed by atoms with E-state index in [9.17, 15) is 0 Å². The third-order valence-corrected chi connectivity index (χ3v) is 3.47. The molecule has 0 aliphatic carbocycles. The van der Waals surface area contributed by atoms with Gasteiger partial charge in [0.15, 0.2) is 0 Å². The van der Waals surface area contributed by atoms with E-state index >= 15 is 0 Å². The molecule has 1 aliphatic rings. The van der Waals surface area contributed by atoms with Crippen molar-refractivity contribution in [3.8, 4) is 0 Å². The van der Waals surface area contributed by atoms with E-state index in [1.165, 1.54) is 32.5 Å². The summed E-state index contributed by atoms with van der Waals surface area (Å²) in [5.41, 5.74) is 0.673. The maximum atomic E-state index is 3.37. The molecule has 0 aromatic carbocycles. The SMILES string of the molecule is CCNCCN1CC(CC)(CC)C1. The normalized spacial score (nSPS) is 21.5. The predicted molar refractivity (Wildman–Crippen MR) is 58.0 cm³/mol. The van der Waals surface area contributed by atoms with Crippen molar-refractivity contribution in [3.63, 3.8) is 0 Å². The summed E-state index contributed by atoms with van der Waals surface area (Å²) in [5, 5.41) is 3.37. The van der Waals surface area contributed by atoms with Crippen LogP contribution in [0.2, 0.25) is 0 Å². The Hall–Kier alpha value is -0.0800. The van der Waals surface area contributed by atoms with Crippen LogP contribution in [-0.2, 0) is 0 Å². The lowest BCUT2D eigenvalue weighted by molar-refractivity contribution is -0.00455. The van der Waals surface area contributed by atoms with Crippen LogP contribution in [0.15, 0.2) is 0 Å². The van der Waals surface area contributed by atoms with Gasteiger partial charge in [-0.3, -0.25) is 0 Å². The van der Waals surface area contributed by atoms with Gasteiger partial charge in [-0.2, -0.15) is 0 Å². The minimum absolute atomic E-state index is 0.673. The first-order valence-corrected chi connectivity index (χ1v) is 5.69. The Morgan fingerprint density at radius 2 is 1.77 bits per heavy atom. The zero-order valence-electron chi connectivity index (χ0n) is 9.40. The average Bonchev–Trinajstić information content (AvgIpc) is 2.10. The van der Waals surface area contributed by atoms with Gasteiger partial charge in [0.25, 0.3) is 0 Å². The summed E-state index contributed by atoms with van der Waals surface area (Å²) >= 11 is 0. The first kappa shape index (κ1) is 11.0. The van der Waals surface area contributed by atoms with Gasteiger partial charge in [0, 0.05) is 26.2 Å². The van der Waals surface area contributed by atoms with Gasteiger partial charge in [-0.25, -0.2) is 0 Å². The summed E-state index contributed by atoms with van der Waals surface area (Å²) < 4.78 is 0. The van der Waals surface area contributed by atoms with Crippen molar-refractivity contribution >= 4 is 0 Å². The summed E-state index contributed by atoms with van der Waals surface area (Å²) in [6.07, 6.45) is 2.70. The molecule has 1 aliphatic heterocycles. The highest BCUT2D eigenvalue weighted by Crippen LogP contribution is 2.36. The standard InChI is InChI=1S/C11H24N2/c1-4-11(5-2)9-13(10-11)8-7-12-6-3/h12H,4-10H2,1-3H3. The minimum atomic E-state index is 0.673. The molecule has 0 bridgehead atoms. The molecule has 13 heavy (non-hydrogen) atoms. The maximum Gasteiger partial charge on any atom is 0.0107 e. The molecule has 0 atom stereocenters. The summed E-state index contributed by atoms with van der Waals surface area (Å²) in [6.45, 7) is 12.9. The molecule has 0 aromatic heterocycles. The zero-order chi connectivity index (χ0) is 9.73. The van der Waals surface area contributed by atoms with Crippen molar-refractivity contribution in [2.45, 2.75) is 33.6 Å². The third kappa shape index (κ3) is 2.68. The largest absolute Gasteiger partial charge is 0.316 e. The van der Waals surface area contributed by atoms with Crippen molar-refractivity contribution < 1.29 is 0 Å². The molecule has 2 heteroatoms. The summed E-state index contributed by atoms with van der Waals surface area (Å²) in [6, 6.07) is 0.